The van der Waals surface area contributed by atoms with Crippen molar-refractivity contribution in [3.63, 3.8) is 0 Å². The molecule has 0 unspecified atom stereocenters. The summed E-state index contributed by atoms with van der Waals surface area (Å²) in [5, 5.41) is 0. The van der Waals surface area contributed by atoms with Gasteiger partial charge in [0.15, 0.2) is 11.9 Å². The molecular weight excluding hydrogens is 432 g/mol. The number of ketones is 1. The third-order valence-electron chi connectivity index (χ3n) is 10.9. The molecule has 2 aliphatic heterocycles. The maximum absolute atomic E-state index is 13.2. The number of hydrogen-bond acceptors (Lipinski definition) is 6. The van der Waals surface area contributed by atoms with Gasteiger partial charge in [0.05, 0.1) is 18.6 Å². The van der Waals surface area contributed by atoms with E-state index in [1.807, 2.05) is 13.0 Å². The molecule has 6 rings (SSSR count). The van der Waals surface area contributed by atoms with Gasteiger partial charge in [-0.25, -0.2) is 4.79 Å². The van der Waals surface area contributed by atoms with Crippen molar-refractivity contribution < 1.29 is 28.2 Å². The number of cyclic esters (lactones) is 1. The number of carbonyl (C=O) groups excluding carboxylic acids is 2. The number of esters is 1. The van der Waals surface area contributed by atoms with Crippen LogP contribution in [0.25, 0.3) is 0 Å². The van der Waals surface area contributed by atoms with Crippen molar-refractivity contribution in [2.45, 2.75) is 84.7 Å². The molecule has 6 nitrogen and oxygen atoms in total. The number of fused-ring (bicyclic) bond motifs is 3. The summed E-state index contributed by atoms with van der Waals surface area (Å²) in [6.07, 6.45) is 8.72. The summed E-state index contributed by atoms with van der Waals surface area (Å²) in [4.78, 5) is 26.2. The number of rotatable bonds is 3. The largest absolute Gasteiger partial charge is 0.472 e. The summed E-state index contributed by atoms with van der Waals surface area (Å²) in [6.45, 7) is 13.6. The van der Waals surface area contributed by atoms with Crippen molar-refractivity contribution in [2.24, 2.45) is 33.5 Å². The van der Waals surface area contributed by atoms with E-state index in [2.05, 4.69) is 40.7 Å². The zero-order valence-corrected chi connectivity index (χ0v) is 21.1. The van der Waals surface area contributed by atoms with E-state index in [0.29, 0.717) is 6.61 Å². The Morgan fingerprint density at radius 2 is 1.85 bits per heavy atom. The first-order chi connectivity index (χ1) is 16.0. The molecule has 2 saturated carbocycles. The van der Waals surface area contributed by atoms with Gasteiger partial charge in [0.25, 0.3) is 0 Å². The molecule has 5 aliphatic rings. The van der Waals surface area contributed by atoms with Crippen LogP contribution in [0.3, 0.4) is 0 Å². The van der Waals surface area contributed by atoms with E-state index in [1.54, 1.807) is 18.6 Å². The molecule has 0 bridgehead atoms. The number of epoxide rings is 1. The summed E-state index contributed by atoms with van der Waals surface area (Å²) in [5.41, 5.74) is -1.31. The minimum Gasteiger partial charge on any atom is -0.472 e. The first kappa shape index (κ1) is 22.5. The Morgan fingerprint density at radius 1 is 1.09 bits per heavy atom. The number of allylic oxidation sites excluding steroid dienone is 2. The molecule has 9 atom stereocenters. The molecule has 0 N–H and O–H groups in total. The lowest BCUT2D eigenvalue weighted by Crippen LogP contribution is -2.72. The highest BCUT2D eigenvalue weighted by atomic mass is 16.7. The van der Waals surface area contributed by atoms with Crippen LogP contribution in [-0.2, 0) is 23.8 Å². The minimum absolute atomic E-state index is 0.125. The Hall–Kier alpha value is -1.92. The van der Waals surface area contributed by atoms with Gasteiger partial charge in [0, 0.05) is 28.4 Å². The molecular formula is C28H36O6. The summed E-state index contributed by atoms with van der Waals surface area (Å²) in [7, 11) is 0. The smallest absolute Gasteiger partial charge is 0.339 e. The van der Waals surface area contributed by atoms with Gasteiger partial charge in [-0.2, -0.15) is 0 Å². The fourth-order valence-electron chi connectivity index (χ4n) is 9.27. The first-order valence-corrected chi connectivity index (χ1v) is 12.7. The van der Waals surface area contributed by atoms with Gasteiger partial charge in [-0.3, -0.25) is 4.79 Å². The van der Waals surface area contributed by atoms with Crippen LogP contribution in [0.5, 0.6) is 0 Å². The molecule has 0 aromatic carbocycles. The fourth-order valence-corrected chi connectivity index (χ4v) is 9.27. The van der Waals surface area contributed by atoms with Crippen LogP contribution < -0.4 is 0 Å². The number of hydrogen-bond donors (Lipinski definition) is 0. The molecule has 34 heavy (non-hydrogen) atoms. The van der Waals surface area contributed by atoms with Gasteiger partial charge < -0.3 is 18.6 Å². The van der Waals surface area contributed by atoms with Gasteiger partial charge in [-0.15, -0.1) is 0 Å². The van der Waals surface area contributed by atoms with E-state index in [-0.39, 0.29) is 35.1 Å². The van der Waals surface area contributed by atoms with Gasteiger partial charge in [0.2, 0.25) is 0 Å². The second-order valence-electron chi connectivity index (χ2n) is 12.4. The summed E-state index contributed by atoms with van der Waals surface area (Å²) in [5.74, 6) is 0.260. The maximum Gasteiger partial charge on any atom is 0.339 e. The Morgan fingerprint density at radius 3 is 2.53 bits per heavy atom. The lowest BCUT2D eigenvalue weighted by atomic mass is 9.35. The molecule has 0 amide bonds. The van der Waals surface area contributed by atoms with Gasteiger partial charge in [-0.05, 0) is 55.6 Å². The van der Waals surface area contributed by atoms with E-state index in [4.69, 9.17) is 18.6 Å². The molecule has 1 aromatic heterocycles. The minimum atomic E-state index is -0.687. The molecule has 3 aliphatic carbocycles. The number of carbonyl (C=O) groups is 2. The van der Waals surface area contributed by atoms with Crippen molar-refractivity contribution in [2.75, 3.05) is 6.61 Å². The molecule has 3 heterocycles. The second-order valence-corrected chi connectivity index (χ2v) is 12.4. The van der Waals surface area contributed by atoms with Crippen LogP contribution >= 0.6 is 0 Å². The molecule has 6 heteroatoms. The number of ether oxygens (including phenoxy) is 3. The van der Waals surface area contributed by atoms with E-state index in [9.17, 15) is 9.59 Å². The zero-order chi connectivity index (χ0) is 24.3. The first-order valence-electron chi connectivity index (χ1n) is 12.7. The van der Waals surface area contributed by atoms with Gasteiger partial charge >= 0.3 is 5.97 Å². The zero-order valence-electron chi connectivity index (χ0n) is 21.1. The monoisotopic (exact) mass is 468 g/mol. The van der Waals surface area contributed by atoms with Crippen molar-refractivity contribution in [3.8, 4) is 0 Å². The molecule has 184 valence electrons. The molecule has 0 radical (unpaired) electrons. The summed E-state index contributed by atoms with van der Waals surface area (Å²) in [6, 6.07) is 1.89. The van der Waals surface area contributed by atoms with Crippen molar-refractivity contribution >= 4 is 11.8 Å². The average molecular weight is 469 g/mol. The molecule has 1 spiro atoms. The van der Waals surface area contributed by atoms with Gasteiger partial charge in [0.1, 0.15) is 11.7 Å². The van der Waals surface area contributed by atoms with E-state index < -0.39 is 34.1 Å². The molecule has 2 saturated heterocycles. The van der Waals surface area contributed by atoms with Crippen LogP contribution in [0.1, 0.15) is 72.5 Å². The Kier molecular flexibility index (Phi) is 4.40. The van der Waals surface area contributed by atoms with E-state index >= 15 is 0 Å². The Bertz CT molecular complexity index is 1070. The third kappa shape index (κ3) is 2.30. The fraction of sp³-hybridized carbons (Fsp3) is 0.714. The van der Waals surface area contributed by atoms with E-state index in [0.717, 1.165) is 24.8 Å². The SMILES string of the molecule is CCO[C@@H]1C[C@H]2C(C)(C)C(=O)C=C[C@]2(C)[C@H]2CC[C@@]3(C)[C@@H](c4ccoc4)OC(=O)[C@H]4O[C@]43[C@@]21C. The molecule has 1 aromatic rings. The number of furan rings is 1. The van der Waals surface area contributed by atoms with Crippen LogP contribution in [-0.4, -0.2) is 36.2 Å². The van der Waals surface area contributed by atoms with Crippen LogP contribution in [0, 0.1) is 33.5 Å². The second kappa shape index (κ2) is 6.64. The Balaban J connectivity index is 1.54. The Labute approximate surface area is 201 Å². The lowest BCUT2D eigenvalue weighted by Gasteiger charge is -2.69. The molecule has 4 fully saturated rings. The lowest BCUT2D eigenvalue weighted by molar-refractivity contribution is -0.254. The van der Waals surface area contributed by atoms with Crippen molar-refractivity contribution in [1.82, 2.24) is 0 Å². The van der Waals surface area contributed by atoms with Crippen molar-refractivity contribution in [3.05, 3.63) is 36.3 Å². The normalized spacial score (nSPS) is 50.5. The summed E-state index contributed by atoms with van der Waals surface area (Å²) >= 11 is 0. The third-order valence-corrected chi connectivity index (χ3v) is 10.9. The van der Waals surface area contributed by atoms with Crippen LogP contribution in [0.4, 0.5) is 0 Å². The highest BCUT2D eigenvalue weighted by Gasteiger charge is 2.88. The average Bonchev–Trinajstić information content (AvgIpc) is 3.35. The standard InChI is InChI=1S/C28H36O6/c1-7-32-20-14-18-24(2,3)19(29)9-11-25(18,4)17-8-12-26(5)21(16-10-13-31-15-16)33-23(30)22-28(26,34-22)27(17,20)6/h9-11,13,15,17-18,20-22H,7-8,12,14H2,1-6H3/t17-,18+,20-,21-,22-,25-,26+,27+,28-/m1/s1. The van der Waals surface area contributed by atoms with E-state index in [1.165, 1.54) is 0 Å². The highest BCUT2D eigenvalue weighted by Crippen LogP contribution is 2.79. The highest BCUT2D eigenvalue weighted by molar-refractivity contribution is 5.95. The topological polar surface area (TPSA) is 78.3 Å². The predicted molar refractivity (Wildman–Crippen MR) is 124 cm³/mol. The van der Waals surface area contributed by atoms with Crippen molar-refractivity contribution in [1.29, 1.82) is 0 Å². The predicted octanol–water partition coefficient (Wildman–Crippen LogP) is 5.03. The van der Waals surface area contributed by atoms with Crippen LogP contribution in [0.2, 0.25) is 0 Å². The maximum atomic E-state index is 13.2. The van der Waals surface area contributed by atoms with Gasteiger partial charge in [-0.1, -0.05) is 40.7 Å². The van der Waals surface area contributed by atoms with Crippen LogP contribution in [0.15, 0.2) is 35.2 Å². The quantitative estimate of drug-likeness (QED) is 0.457. The summed E-state index contributed by atoms with van der Waals surface area (Å²) < 4.78 is 24.5.